The van der Waals surface area contributed by atoms with Crippen LogP contribution in [0.15, 0.2) is 0 Å². The molecule has 0 heterocycles. The van der Waals surface area contributed by atoms with Gasteiger partial charge in [0.15, 0.2) is 0 Å². The fourth-order valence-corrected chi connectivity index (χ4v) is 0. The second-order valence-corrected chi connectivity index (χ2v) is 5.17. The monoisotopic (exact) mass is 448 g/mol. The molecule has 0 rings (SSSR count). The molecule has 0 amide bonds. The summed E-state index contributed by atoms with van der Waals surface area (Å²) in [5, 5.41) is 0. The van der Waals surface area contributed by atoms with Crippen LogP contribution in [0.2, 0.25) is 0 Å². The zero-order valence-corrected chi connectivity index (χ0v) is 19.8. The minimum absolute atomic E-state index is 0. The Hall–Kier alpha value is 5.10. The van der Waals surface area contributed by atoms with Gasteiger partial charge in [-0.1, -0.05) is 0 Å². The van der Waals surface area contributed by atoms with E-state index in [1.165, 1.54) is 0 Å². The first-order valence-electron chi connectivity index (χ1n) is 2.87. The largest absolute Gasteiger partial charge is 1.00 e. The Morgan fingerprint density at radius 3 is 0.321 bits per heavy atom. The fraction of sp³-hybridized carbons (Fsp3) is 0. The van der Waals surface area contributed by atoms with Crippen molar-refractivity contribution in [2.24, 2.45) is 0 Å². The molecule has 0 unspecified atom stereocenters. The Balaban J connectivity index is -0.0000000111. The van der Waals surface area contributed by atoms with Crippen molar-refractivity contribution >= 4 is 31.6 Å². The number of hydrogen-bond acceptors (Lipinski definition) is 12. The molecule has 0 aromatic rings. The molecule has 0 radical (unpaired) electrons. The minimum Gasteiger partial charge on any atom is -0.786 e. The summed E-state index contributed by atoms with van der Waals surface area (Å²) in [6, 6.07) is 0. The van der Waals surface area contributed by atoms with Gasteiger partial charge >= 0.3 is 151 Å². The number of hydrogen-bond donors (Lipinski definition) is 0. The summed E-state index contributed by atoms with van der Waals surface area (Å²) in [5.41, 5.74) is 0. The maximum absolute atomic E-state index is 10.1. The normalized spacial score (nSPS) is 8.43. The van der Waals surface area contributed by atoms with Crippen LogP contribution in [-0.4, -0.2) is 0 Å². The third-order valence-electron chi connectivity index (χ3n) is 0. The molecule has 0 saturated carbocycles. The molecular formula is F4Li8O12P4. The molecule has 0 aromatic heterocycles. The fourth-order valence-electron chi connectivity index (χ4n) is 0. The first-order valence-corrected chi connectivity index (χ1v) is 8.60. The van der Waals surface area contributed by atoms with Gasteiger partial charge in [0.05, 0.1) is 0 Å². The van der Waals surface area contributed by atoms with Gasteiger partial charge in [-0.25, -0.2) is 16.8 Å². The standard InChI is InChI=1S/4FH2O3P.8Li/c4*1-5(2,3)4;;;;;;;;/h4*(H2,2,3,4);;;;;;;;/q;;;;8*+1/p-8. The molecule has 12 nitrogen and oxygen atoms in total. The molecule has 0 N–H and O–H groups in total. The van der Waals surface area contributed by atoms with Crippen molar-refractivity contribution in [3.63, 3.8) is 0 Å². The smallest absolute Gasteiger partial charge is 0.786 e. The maximum atomic E-state index is 10.1. The molecule has 0 bridgehead atoms. The molecular weight excluding hydrogens is 447 g/mol. The minimum atomic E-state index is -5.64. The Morgan fingerprint density at radius 2 is 0.321 bits per heavy atom. The zero-order chi connectivity index (χ0) is 18.0. The van der Waals surface area contributed by atoms with E-state index in [1.54, 1.807) is 0 Å². The second kappa shape index (κ2) is 36.7. The molecule has 0 aliphatic rings. The summed E-state index contributed by atoms with van der Waals surface area (Å²) < 4.78 is 74.3. The third kappa shape index (κ3) is 1080. The summed E-state index contributed by atoms with van der Waals surface area (Å²) in [6.07, 6.45) is 0. The Kier molecular flexibility index (Phi) is 100. The Morgan fingerprint density at radius 1 is 0.321 bits per heavy atom. The van der Waals surface area contributed by atoms with Gasteiger partial charge in [0.25, 0.3) is 0 Å². The average Bonchev–Trinajstić information content (AvgIpc) is 1.62. The number of rotatable bonds is 0. The molecule has 0 spiro atoms. The van der Waals surface area contributed by atoms with Gasteiger partial charge in [0, 0.05) is 0 Å². The number of halogens is 4. The first kappa shape index (κ1) is 76.6. The van der Waals surface area contributed by atoms with Crippen LogP contribution in [0, 0.1) is 0 Å². The van der Waals surface area contributed by atoms with E-state index in [2.05, 4.69) is 0 Å². The molecule has 0 aliphatic carbocycles. The van der Waals surface area contributed by atoms with Gasteiger partial charge < -0.3 is 57.4 Å². The van der Waals surface area contributed by atoms with Crippen molar-refractivity contribution in [3.8, 4) is 0 Å². The molecule has 28 heteroatoms. The molecule has 0 atom stereocenters. The SMILES string of the molecule is O=P([O-])([O-])F.O=P([O-])([O-])F.O=P([O-])([O-])F.O=P([O-])([O-])F.[Li+].[Li+].[Li+].[Li+].[Li+].[Li+].[Li+].[Li+]. The molecule has 28 heavy (non-hydrogen) atoms. The van der Waals surface area contributed by atoms with Crippen molar-refractivity contribution in [3.05, 3.63) is 0 Å². The van der Waals surface area contributed by atoms with Crippen LogP contribution in [0.1, 0.15) is 0 Å². The van der Waals surface area contributed by atoms with Crippen LogP contribution in [0.5, 0.6) is 0 Å². The van der Waals surface area contributed by atoms with Crippen LogP contribution in [-0.2, 0) is 18.3 Å². The first-order chi connectivity index (χ1) is 8.00. The van der Waals surface area contributed by atoms with Crippen molar-refractivity contribution in [2.75, 3.05) is 0 Å². The van der Waals surface area contributed by atoms with Gasteiger partial charge in [-0.15, -0.1) is 0 Å². The van der Waals surface area contributed by atoms with E-state index in [0.717, 1.165) is 0 Å². The summed E-state index contributed by atoms with van der Waals surface area (Å²) in [5.74, 6) is 0. The summed E-state index contributed by atoms with van der Waals surface area (Å²) >= 11 is 0. The zero-order valence-electron chi connectivity index (χ0n) is 16.2. The van der Waals surface area contributed by atoms with Crippen LogP contribution in [0.3, 0.4) is 0 Å². The van der Waals surface area contributed by atoms with Crippen molar-refractivity contribution in [2.45, 2.75) is 0 Å². The van der Waals surface area contributed by atoms with Crippen LogP contribution < -0.4 is 190 Å². The van der Waals surface area contributed by atoms with Gasteiger partial charge in [-0.3, -0.25) is 0 Å². The molecule has 0 aromatic carbocycles. The van der Waals surface area contributed by atoms with E-state index in [9.17, 15) is 16.8 Å². The van der Waals surface area contributed by atoms with E-state index in [4.69, 9.17) is 57.4 Å². The van der Waals surface area contributed by atoms with E-state index < -0.39 is 31.6 Å². The van der Waals surface area contributed by atoms with Crippen LogP contribution in [0.25, 0.3) is 0 Å². The van der Waals surface area contributed by atoms with Crippen molar-refractivity contribution in [1.82, 2.24) is 0 Å². The van der Waals surface area contributed by atoms with Gasteiger partial charge in [0.1, 0.15) is 31.6 Å². The van der Waals surface area contributed by atoms with Crippen LogP contribution >= 0.6 is 31.6 Å². The van der Waals surface area contributed by atoms with Gasteiger partial charge in [-0.05, 0) is 0 Å². The third-order valence-corrected chi connectivity index (χ3v) is 0. The average molecular weight is 447 g/mol. The Labute approximate surface area is 253 Å². The molecule has 0 aliphatic heterocycles. The predicted molar refractivity (Wildman–Crippen MR) is 34.9 cm³/mol. The van der Waals surface area contributed by atoms with E-state index in [0.29, 0.717) is 0 Å². The molecule has 0 saturated heterocycles. The molecule has 128 valence electrons. The quantitative estimate of drug-likeness (QED) is 0.190. The van der Waals surface area contributed by atoms with Gasteiger partial charge in [0.2, 0.25) is 0 Å². The van der Waals surface area contributed by atoms with Crippen LogP contribution in [0.4, 0.5) is 16.8 Å². The van der Waals surface area contributed by atoms with Gasteiger partial charge in [-0.2, -0.15) is 0 Å². The summed E-state index contributed by atoms with van der Waals surface area (Å²) in [6.45, 7) is 0. The second-order valence-electron chi connectivity index (χ2n) is 1.72. The van der Waals surface area contributed by atoms with E-state index in [1.807, 2.05) is 0 Å². The van der Waals surface area contributed by atoms with E-state index >= 15 is 0 Å². The summed E-state index contributed by atoms with van der Waals surface area (Å²) in [4.78, 5) is 67.5. The summed E-state index contributed by atoms with van der Waals surface area (Å²) in [7, 11) is -22.6. The Bertz CT molecular complexity index is 316. The van der Waals surface area contributed by atoms with Crippen molar-refractivity contribution < 1.29 is 225 Å². The maximum Gasteiger partial charge on any atom is 1.00 e. The molecule has 0 fully saturated rings. The van der Waals surface area contributed by atoms with E-state index in [-0.39, 0.29) is 151 Å². The van der Waals surface area contributed by atoms with Crippen molar-refractivity contribution in [1.29, 1.82) is 0 Å². The predicted octanol–water partition coefficient (Wildman–Crippen LogP) is -28.8. The topological polar surface area (TPSA) is 253 Å².